The Morgan fingerprint density at radius 3 is 2.46 bits per heavy atom. The number of aromatic nitrogens is 5. The number of anilines is 3. The molecule has 1 saturated carbocycles. The fourth-order valence-corrected chi connectivity index (χ4v) is 4.00. The standard InChI is InChI=1S/C27H23F3N8O3/c1-31-26(40)21-19(11-20(37-38-21)36-25(39)14-8-9-14)35-18-7-3-5-17(22(18)41-2)24-33-12-15(13-34-24)16-6-4-10-32-23(16)27(28,29)30/h3-7,10-14H,8-9H2,1-2H3,(H,31,40)(H2,35,36,37,39)/i1D3. The molecule has 1 aliphatic rings. The average Bonchev–Trinajstić information content (AvgIpc) is 3.82. The van der Waals surface area contributed by atoms with E-state index in [9.17, 15) is 22.8 Å². The lowest BCUT2D eigenvalue weighted by molar-refractivity contribution is -0.140. The van der Waals surface area contributed by atoms with Crippen LogP contribution in [0.15, 0.2) is 55.0 Å². The highest BCUT2D eigenvalue weighted by molar-refractivity contribution is 6.00. The van der Waals surface area contributed by atoms with Gasteiger partial charge in [-0.15, -0.1) is 10.2 Å². The minimum atomic E-state index is -4.68. The SMILES string of the molecule is [2H]C([2H])([2H])NC(=O)c1nnc(NC(=O)C2CC2)cc1Nc1cccc(-c2ncc(-c3cccnc3C(F)(F)F)cn2)c1OC. The maximum Gasteiger partial charge on any atom is 0.433 e. The van der Waals surface area contributed by atoms with E-state index in [1.165, 1.54) is 37.7 Å². The maximum absolute atomic E-state index is 13.5. The van der Waals surface area contributed by atoms with Crippen molar-refractivity contribution in [3.63, 3.8) is 0 Å². The Balaban J connectivity index is 1.49. The molecule has 0 bridgehead atoms. The highest BCUT2D eigenvalue weighted by Crippen LogP contribution is 2.39. The predicted molar refractivity (Wildman–Crippen MR) is 142 cm³/mol. The highest BCUT2D eigenvalue weighted by Gasteiger charge is 2.35. The Labute approximate surface area is 235 Å². The molecule has 210 valence electrons. The van der Waals surface area contributed by atoms with Gasteiger partial charge in [0.1, 0.15) is 0 Å². The summed E-state index contributed by atoms with van der Waals surface area (Å²) >= 11 is 0. The molecule has 3 heterocycles. The Bertz CT molecular complexity index is 1720. The zero-order chi connectivity index (χ0) is 31.6. The number of nitrogens with one attached hydrogen (secondary N) is 3. The van der Waals surface area contributed by atoms with E-state index >= 15 is 0 Å². The summed E-state index contributed by atoms with van der Waals surface area (Å²) in [6, 6.07) is 8.76. The number of nitrogens with zero attached hydrogens (tertiary/aromatic N) is 5. The topological polar surface area (TPSA) is 144 Å². The fourth-order valence-electron chi connectivity index (χ4n) is 4.00. The van der Waals surface area contributed by atoms with Crippen LogP contribution in [0.25, 0.3) is 22.5 Å². The number of methoxy groups -OCH3 is 1. The Kier molecular flexibility index (Phi) is 6.45. The van der Waals surface area contributed by atoms with Gasteiger partial charge in [-0.2, -0.15) is 13.2 Å². The van der Waals surface area contributed by atoms with Crippen LogP contribution < -0.4 is 20.7 Å². The third-order valence-electron chi connectivity index (χ3n) is 6.09. The number of carbonyl (C=O) groups excluding carboxylic acids is 2. The van der Waals surface area contributed by atoms with E-state index in [1.807, 2.05) is 5.32 Å². The molecule has 1 aliphatic carbocycles. The number of rotatable bonds is 8. The van der Waals surface area contributed by atoms with Gasteiger partial charge in [0.2, 0.25) is 5.91 Å². The van der Waals surface area contributed by atoms with Gasteiger partial charge in [-0.1, -0.05) is 12.1 Å². The Hall–Kier alpha value is -5.14. The Morgan fingerprint density at radius 2 is 1.78 bits per heavy atom. The molecule has 14 heteroatoms. The lowest BCUT2D eigenvalue weighted by Gasteiger charge is -2.16. The molecule has 0 spiro atoms. The lowest BCUT2D eigenvalue weighted by atomic mass is 10.1. The summed E-state index contributed by atoms with van der Waals surface area (Å²) in [6.07, 6.45) is 0.302. The number of alkyl halides is 3. The molecule has 0 radical (unpaired) electrons. The molecule has 41 heavy (non-hydrogen) atoms. The van der Waals surface area contributed by atoms with Crippen molar-refractivity contribution in [2.75, 3.05) is 24.7 Å². The van der Waals surface area contributed by atoms with Crippen LogP contribution in [0.1, 0.15) is 33.1 Å². The molecule has 0 saturated heterocycles. The van der Waals surface area contributed by atoms with Crippen molar-refractivity contribution in [3.05, 3.63) is 66.4 Å². The minimum Gasteiger partial charge on any atom is -0.494 e. The summed E-state index contributed by atoms with van der Waals surface area (Å²) in [6.45, 7) is -2.81. The third-order valence-corrected chi connectivity index (χ3v) is 6.09. The van der Waals surface area contributed by atoms with Gasteiger partial charge in [0.25, 0.3) is 5.91 Å². The number of halogens is 3. The molecule has 5 rings (SSSR count). The number of ether oxygens (including phenoxy) is 1. The lowest BCUT2D eigenvalue weighted by Crippen LogP contribution is -2.22. The molecule has 0 atom stereocenters. The van der Waals surface area contributed by atoms with E-state index in [4.69, 9.17) is 8.85 Å². The van der Waals surface area contributed by atoms with Crippen LogP contribution in [0.2, 0.25) is 0 Å². The second-order valence-electron chi connectivity index (χ2n) is 8.91. The molecule has 2 amide bonds. The first-order valence-electron chi connectivity index (χ1n) is 13.6. The van der Waals surface area contributed by atoms with Crippen molar-refractivity contribution in [2.45, 2.75) is 19.0 Å². The number of para-hydroxylation sites is 1. The van der Waals surface area contributed by atoms with Gasteiger partial charge >= 0.3 is 6.18 Å². The monoisotopic (exact) mass is 567 g/mol. The van der Waals surface area contributed by atoms with Crippen molar-refractivity contribution in [2.24, 2.45) is 5.92 Å². The maximum atomic E-state index is 13.5. The first-order chi connectivity index (χ1) is 20.8. The predicted octanol–water partition coefficient (Wildman–Crippen LogP) is 4.47. The second-order valence-corrected chi connectivity index (χ2v) is 8.91. The van der Waals surface area contributed by atoms with Gasteiger partial charge in [0.05, 0.1) is 24.0 Å². The molecule has 4 aromatic rings. The smallest absolute Gasteiger partial charge is 0.433 e. The summed E-state index contributed by atoms with van der Waals surface area (Å²) in [5, 5.41) is 15.2. The van der Waals surface area contributed by atoms with Crippen LogP contribution in [0.5, 0.6) is 5.75 Å². The molecule has 0 aliphatic heterocycles. The molecule has 0 unspecified atom stereocenters. The van der Waals surface area contributed by atoms with E-state index in [0.717, 1.165) is 19.0 Å². The third kappa shape index (κ3) is 5.90. The fraction of sp³-hybridized carbons (Fsp3) is 0.222. The van der Waals surface area contributed by atoms with Crippen molar-refractivity contribution in [1.82, 2.24) is 30.5 Å². The number of hydrogen-bond acceptors (Lipinski definition) is 9. The zero-order valence-corrected chi connectivity index (χ0v) is 21.3. The van der Waals surface area contributed by atoms with Crippen LogP contribution in [0.4, 0.5) is 30.4 Å². The molecular weight excluding hydrogens is 541 g/mol. The summed E-state index contributed by atoms with van der Waals surface area (Å²) in [7, 11) is 1.36. The van der Waals surface area contributed by atoms with Crippen molar-refractivity contribution < 1.29 is 31.6 Å². The second kappa shape index (κ2) is 11.2. The van der Waals surface area contributed by atoms with E-state index < -0.39 is 24.8 Å². The first kappa shape index (κ1) is 23.7. The van der Waals surface area contributed by atoms with Crippen molar-refractivity contribution in [3.8, 4) is 28.3 Å². The van der Waals surface area contributed by atoms with E-state index in [2.05, 4.69) is 35.8 Å². The normalized spacial score (nSPS) is 14.3. The molecule has 1 fully saturated rings. The van der Waals surface area contributed by atoms with Crippen LogP contribution in [0.3, 0.4) is 0 Å². The molecule has 11 nitrogen and oxygen atoms in total. The van der Waals surface area contributed by atoms with E-state index in [-0.39, 0.29) is 57.4 Å². The zero-order valence-electron chi connectivity index (χ0n) is 24.3. The number of carbonyl (C=O) groups is 2. The highest BCUT2D eigenvalue weighted by atomic mass is 19.4. The van der Waals surface area contributed by atoms with Gasteiger partial charge in [-0.05, 0) is 31.0 Å². The van der Waals surface area contributed by atoms with Crippen molar-refractivity contribution >= 4 is 29.0 Å². The summed E-state index contributed by atoms with van der Waals surface area (Å²) < 4.78 is 68.2. The van der Waals surface area contributed by atoms with Crippen LogP contribution in [0, 0.1) is 5.92 Å². The summed E-state index contributed by atoms with van der Waals surface area (Å²) in [5.41, 5.74) is -0.949. The number of pyridine rings is 1. The summed E-state index contributed by atoms with van der Waals surface area (Å²) in [5.74, 6) is -1.15. The number of hydrogen-bond donors (Lipinski definition) is 3. The van der Waals surface area contributed by atoms with Gasteiger partial charge in [-0.3, -0.25) is 14.6 Å². The van der Waals surface area contributed by atoms with Crippen LogP contribution in [-0.4, -0.2) is 51.0 Å². The quantitative estimate of drug-likeness (QED) is 0.281. The van der Waals surface area contributed by atoms with Crippen LogP contribution in [-0.2, 0) is 11.0 Å². The van der Waals surface area contributed by atoms with Crippen LogP contribution >= 0.6 is 0 Å². The average molecular weight is 568 g/mol. The minimum absolute atomic E-state index is 0.00387. The summed E-state index contributed by atoms with van der Waals surface area (Å²) in [4.78, 5) is 37.0. The molecule has 3 aromatic heterocycles. The van der Waals surface area contributed by atoms with Gasteiger partial charge in [0, 0.05) is 52.8 Å². The van der Waals surface area contributed by atoms with Crippen molar-refractivity contribution in [1.29, 1.82) is 0 Å². The largest absolute Gasteiger partial charge is 0.494 e. The molecule has 3 N–H and O–H groups in total. The van der Waals surface area contributed by atoms with Gasteiger partial charge in [0.15, 0.2) is 28.8 Å². The Morgan fingerprint density at radius 1 is 1.02 bits per heavy atom. The van der Waals surface area contributed by atoms with E-state index in [1.54, 1.807) is 18.2 Å². The molecule has 1 aromatic carbocycles. The van der Waals surface area contributed by atoms with Gasteiger partial charge < -0.3 is 20.7 Å². The first-order valence-corrected chi connectivity index (χ1v) is 12.1. The molecular formula is C27H23F3N8O3. The number of benzene rings is 1. The number of amides is 2. The van der Waals surface area contributed by atoms with Gasteiger partial charge in [-0.25, -0.2) is 9.97 Å². The van der Waals surface area contributed by atoms with E-state index in [0.29, 0.717) is 5.56 Å².